The van der Waals surface area contributed by atoms with Gasteiger partial charge in [0.1, 0.15) is 0 Å². The number of anilines is 2. The number of nitrogens with one attached hydrogen (secondary N) is 1. The van der Waals surface area contributed by atoms with E-state index in [9.17, 15) is 4.79 Å². The van der Waals surface area contributed by atoms with Gasteiger partial charge >= 0.3 is 5.97 Å². The fourth-order valence-electron chi connectivity index (χ4n) is 1.34. The lowest BCUT2D eigenvalue weighted by Crippen LogP contribution is -2.22. The van der Waals surface area contributed by atoms with Crippen molar-refractivity contribution in [1.29, 1.82) is 0 Å². The number of hydrogen-bond donors (Lipinski definition) is 2. The van der Waals surface area contributed by atoms with Crippen LogP contribution in [0, 0.1) is 5.92 Å². The van der Waals surface area contributed by atoms with Gasteiger partial charge in [0.2, 0.25) is 0 Å². The van der Waals surface area contributed by atoms with E-state index in [-0.39, 0.29) is 12.0 Å². The van der Waals surface area contributed by atoms with Crippen LogP contribution < -0.4 is 11.1 Å². The lowest BCUT2D eigenvalue weighted by atomic mass is 10.1. The van der Waals surface area contributed by atoms with E-state index in [1.807, 2.05) is 0 Å². The molecule has 0 spiro atoms. The third-order valence-corrected chi connectivity index (χ3v) is 2.86. The van der Waals surface area contributed by atoms with Crippen molar-refractivity contribution in [3.63, 3.8) is 0 Å². The van der Waals surface area contributed by atoms with Gasteiger partial charge in [-0.15, -0.1) is 0 Å². The summed E-state index contributed by atoms with van der Waals surface area (Å²) in [5.41, 5.74) is 7.77. The molecule has 0 bridgehead atoms. The van der Waals surface area contributed by atoms with E-state index in [2.05, 4.69) is 30.8 Å². The minimum Gasteiger partial charge on any atom is -0.465 e. The van der Waals surface area contributed by atoms with Gasteiger partial charge in [0.25, 0.3) is 0 Å². The van der Waals surface area contributed by atoms with Gasteiger partial charge in [-0.2, -0.15) is 0 Å². The average molecular weight is 236 g/mol. The molecule has 4 heteroatoms. The molecule has 1 aromatic rings. The smallest absolute Gasteiger partial charge is 0.337 e. The third-order valence-electron chi connectivity index (χ3n) is 2.86. The molecule has 0 saturated carbocycles. The topological polar surface area (TPSA) is 64.3 Å². The maximum absolute atomic E-state index is 11.4. The number of carbonyl (C=O) groups is 1. The molecule has 1 aromatic carbocycles. The van der Waals surface area contributed by atoms with Crippen LogP contribution in [-0.2, 0) is 4.74 Å². The highest BCUT2D eigenvalue weighted by Crippen LogP contribution is 2.22. The Bertz CT molecular complexity index is 402. The number of nitrogen functional groups attached to an aromatic ring is 1. The number of benzene rings is 1. The van der Waals surface area contributed by atoms with E-state index < -0.39 is 0 Å². The largest absolute Gasteiger partial charge is 0.465 e. The van der Waals surface area contributed by atoms with Gasteiger partial charge in [-0.1, -0.05) is 13.8 Å². The summed E-state index contributed by atoms with van der Waals surface area (Å²) in [7, 11) is 1.36. The number of hydrogen-bond acceptors (Lipinski definition) is 4. The Labute approximate surface area is 102 Å². The van der Waals surface area contributed by atoms with Crippen LogP contribution in [0.25, 0.3) is 0 Å². The molecule has 0 aliphatic rings. The third kappa shape index (κ3) is 3.37. The molecular formula is C13H20N2O2. The molecule has 1 unspecified atom stereocenters. The van der Waals surface area contributed by atoms with Crippen LogP contribution in [0.2, 0.25) is 0 Å². The van der Waals surface area contributed by atoms with Gasteiger partial charge in [-0.05, 0) is 31.0 Å². The number of ether oxygens (including phenoxy) is 1. The second-order valence-electron chi connectivity index (χ2n) is 4.47. The Morgan fingerprint density at radius 3 is 2.53 bits per heavy atom. The van der Waals surface area contributed by atoms with E-state index in [1.54, 1.807) is 18.2 Å². The highest BCUT2D eigenvalue weighted by Gasteiger charge is 2.11. The molecule has 0 heterocycles. The van der Waals surface area contributed by atoms with Crippen LogP contribution in [0.4, 0.5) is 11.4 Å². The van der Waals surface area contributed by atoms with Crippen molar-refractivity contribution in [3.05, 3.63) is 23.8 Å². The zero-order valence-electron chi connectivity index (χ0n) is 10.8. The quantitative estimate of drug-likeness (QED) is 0.622. The zero-order chi connectivity index (χ0) is 13.0. The Morgan fingerprint density at radius 1 is 1.35 bits per heavy atom. The minimum atomic E-state index is -0.356. The van der Waals surface area contributed by atoms with Gasteiger partial charge in [0.15, 0.2) is 0 Å². The number of esters is 1. The summed E-state index contributed by atoms with van der Waals surface area (Å²) >= 11 is 0. The predicted molar refractivity (Wildman–Crippen MR) is 70.1 cm³/mol. The summed E-state index contributed by atoms with van der Waals surface area (Å²) in [6.07, 6.45) is 0. The Balaban J connectivity index is 2.94. The first-order chi connectivity index (χ1) is 7.95. The SMILES string of the molecule is COC(=O)c1ccc(N)c(NC(C)C(C)C)c1. The Kier molecular flexibility index (Phi) is 4.37. The molecule has 0 fully saturated rings. The lowest BCUT2D eigenvalue weighted by Gasteiger charge is -2.20. The predicted octanol–water partition coefficient (Wildman–Crippen LogP) is 2.51. The van der Waals surface area contributed by atoms with Crippen LogP contribution in [-0.4, -0.2) is 19.1 Å². The van der Waals surface area contributed by atoms with E-state index in [1.165, 1.54) is 7.11 Å². The average Bonchev–Trinajstić information content (AvgIpc) is 2.30. The van der Waals surface area contributed by atoms with E-state index in [4.69, 9.17) is 5.73 Å². The second kappa shape index (κ2) is 5.57. The van der Waals surface area contributed by atoms with Gasteiger partial charge in [0, 0.05) is 6.04 Å². The molecule has 0 radical (unpaired) electrons. The number of methoxy groups -OCH3 is 1. The number of carbonyl (C=O) groups excluding carboxylic acids is 1. The molecule has 94 valence electrons. The first-order valence-corrected chi connectivity index (χ1v) is 5.70. The highest BCUT2D eigenvalue weighted by molar-refractivity contribution is 5.91. The maximum Gasteiger partial charge on any atom is 0.337 e. The van der Waals surface area contributed by atoms with E-state index >= 15 is 0 Å². The van der Waals surface area contributed by atoms with Crippen molar-refractivity contribution in [2.24, 2.45) is 5.92 Å². The fourth-order valence-corrected chi connectivity index (χ4v) is 1.34. The summed E-state index contributed by atoms with van der Waals surface area (Å²) in [5, 5.41) is 3.30. The second-order valence-corrected chi connectivity index (χ2v) is 4.47. The van der Waals surface area contributed by atoms with E-state index in [0.717, 1.165) is 5.69 Å². The Hall–Kier alpha value is -1.71. The van der Waals surface area contributed by atoms with Crippen molar-refractivity contribution >= 4 is 17.3 Å². The monoisotopic (exact) mass is 236 g/mol. The molecule has 1 atom stereocenters. The lowest BCUT2D eigenvalue weighted by molar-refractivity contribution is 0.0601. The molecule has 17 heavy (non-hydrogen) atoms. The summed E-state index contributed by atoms with van der Waals surface area (Å²) in [6.45, 7) is 6.32. The Morgan fingerprint density at radius 2 is 2.00 bits per heavy atom. The van der Waals surface area contributed by atoms with Crippen LogP contribution in [0.3, 0.4) is 0 Å². The van der Waals surface area contributed by atoms with Crippen LogP contribution in [0.5, 0.6) is 0 Å². The molecule has 0 aliphatic carbocycles. The van der Waals surface area contributed by atoms with Crippen molar-refractivity contribution in [2.75, 3.05) is 18.2 Å². The number of rotatable bonds is 4. The van der Waals surface area contributed by atoms with Crippen molar-refractivity contribution < 1.29 is 9.53 Å². The molecule has 0 saturated heterocycles. The normalized spacial score (nSPS) is 12.3. The van der Waals surface area contributed by atoms with Crippen LogP contribution in [0.15, 0.2) is 18.2 Å². The van der Waals surface area contributed by atoms with Crippen molar-refractivity contribution in [3.8, 4) is 0 Å². The molecule has 3 N–H and O–H groups in total. The van der Waals surface area contributed by atoms with Gasteiger partial charge in [0.05, 0.1) is 24.0 Å². The van der Waals surface area contributed by atoms with Crippen LogP contribution in [0.1, 0.15) is 31.1 Å². The van der Waals surface area contributed by atoms with Crippen molar-refractivity contribution in [2.45, 2.75) is 26.8 Å². The maximum atomic E-state index is 11.4. The molecule has 1 rings (SSSR count). The summed E-state index contributed by atoms with van der Waals surface area (Å²) in [5.74, 6) is 0.126. The summed E-state index contributed by atoms with van der Waals surface area (Å²) in [6, 6.07) is 5.37. The fraction of sp³-hybridized carbons (Fsp3) is 0.462. The molecule has 4 nitrogen and oxygen atoms in total. The minimum absolute atomic E-state index is 0.283. The molecular weight excluding hydrogens is 216 g/mol. The highest BCUT2D eigenvalue weighted by atomic mass is 16.5. The van der Waals surface area contributed by atoms with E-state index in [0.29, 0.717) is 17.2 Å². The summed E-state index contributed by atoms with van der Waals surface area (Å²) < 4.78 is 4.68. The molecule has 0 amide bonds. The van der Waals surface area contributed by atoms with Gasteiger partial charge in [-0.3, -0.25) is 0 Å². The van der Waals surface area contributed by atoms with Crippen molar-refractivity contribution in [1.82, 2.24) is 0 Å². The van der Waals surface area contributed by atoms with Crippen LogP contribution >= 0.6 is 0 Å². The first-order valence-electron chi connectivity index (χ1n) is 5.70. The zero-order valence-corrected chi connectivity index (χ0v) is 10.8. The van der Waals surface area contributed by atoms with Gasteiger partial charge < -0.3 is 15.8 Å². The standard InChI is InChI=1S/C13H20N2O2/c1-8(2)9(3)15-12-7-10(13(16)17-4)5-6-11(12)14/h5-9,15H,14H2,1-4H3. The number of nitrogens with two attached hydrogens (primary N) is 1. The molecule has 0 aliphatic heterocycles. The molecule has 0 aromatic heterocycles. The van der Waals surface area contributed by atoms with Gasteiger partial charge in [-0.25, -0.2) is 4.79 Å². The summed E-state index contributed by atoms with van der Waals surface area (Å²) in [4.78, 5) is 11.4. The first kappa shape index (κ1) is 13.4.